The summed E-state index contributed by atoms with van der Waals surface area (Å²) in [4.78, 5) is 0. The van der Waals surface area contributed by atoms with Gasteiger partial charge in [0.2, 0.25) is 0 Å². The van der Waals surface area contributed by atoms with Crippen molar-refractivity contribution in [3.05, 3.63) is 173 Å². The highest BCUT2D eigenvalue weighted by atomic mass is 32.1. The van der Waals surface area contributed by atoms with E-state index in [1.54, 1.807) is 0 Å². The smallest absolute Gasteiger partial charge is 0.146 e. The highest BCUT2D eigenvalue weighted by Gasteiger charge is 2.46. The summed E-state index contributed by atoms with van der Waals surface area (Å²) in [5, 5.41) is 37.4. The van der Waals surface area contributed by atoms with Crippen LogP contribution in [0.3, 0.4) is 0 Å². The highest BCUT2D eigenvalue weighted by molar-refractivity contribution is 7.08. The van der Waals surface area contributed by atoms with Crippen LogP contribution < -0.4 is 18.1 Å². The number of fused-ring (bicyclic) bond motifs is 3. The lowest BCUT2D eigenvalue weighted by Gasteiger charge is -2.34. The zero-order valence-electron chi connectivity index (χ0n) is 24.8. The molecule has 7 rings (SSSR count). The minimum Gasteiger partial charge on any atom is -0.192 e. The van der Waals surface area contributed by atoms with Crippen LogP contribution in [0.5, 0.6) is 0 Å². The van der Waals surface area contributed by atoms with Crippen molar-refractivity contribution in [2.24, 2.45) is 0 Å². The molecule has 6 aromatic rings. The van der Waals surface area contributed by atoms with Crippen LogP contribution >= 0.6 is 22.7 Å². The Morgan fingerprint density at radius 1 is 0.489 bits per heavy atom. The fourth-order valence-corrected chi connectivity index (χ4v) is 8.26. The molecule has 0 radical (unpaired) electrons. The normalized spacial score (nSPS) is 13.0. The van der Waals surface area contributed by atoms with Crippen molar-refractivity contribution >= 4 is 46.0 Å². The lowest BCUT2D eigenvalue weighted by Crippen LogP contribution is -2.28. The summed E-state index contributed by atoms with van der Waals surface area (Å²) in [6, 6.07) is 49.9. The lowest BCUT2D eigenvalue weighted by molar-refractivity contribution is 0.768. The van der Waals surface area contributed by atoms with Crippen molar-refractivity contribution in [3.8, 4) is 35.4 Å². The summed E-state index contributed by atoms with van der Waals surface area (Å²) in [5.41, 5.74) is 8.66. The zero-order chi connectivity index (χ0) is 32.4. The van der Waals surface area contributed by atoms with Gasteiger partial charge in [-0.15, -0.1) is 22.7 Å². The van der Waals surface area contributed by atoms with Gasteiger partial charge in [0.25, 0.3) is 0 Å². The summed E-state index contributed by atoms with van der Waals surface area (Å²) in [6.07, 6.45) is 4.21. The molecule has 1 aliphatic rings. The molecule has 0 amide bonds. The second-order valence-electron chi connectivity index (χ2n) is 11.0. The summed E-state index contributed by atoms with van der Waals surface area (Å²) in [7, 11) is 0. The molecule has 6 heteroatoms. The van der Waals surface area contributed by atoms with Gasteiger partial charge in [0.15, 0.2) is 0 Å². The minimum absolute atomic E-state index is 0.117. The number of nitriles is 4. The van der Waals surface area contributed by atoms with E-state index in [0.717, 1.165) is 42.4 Å². The molecule has 0 saturated heterocycles. The van der Waals surface area contributed by atoms with Gasteiger partial charge >= 0.3 is 0 Å². The lowest BCUT2D eigenvalue weighted by atomic mass is 9.67. The fourth-order valence-electron chi connectivity index (χ4n) is 6.43. The molecule has 4 aromatic carbocycles. The van der Waals surface area contributed by atoms with E-state index in [2.05, 4.69) is 97.1 Å². The highest BCUT2D eigenvalue weighted by Crippen LogP contribution is 2.56. The molecule has 0 spiro atoms. The van der Waals surface area contributed by atoms with Crippen LogP contribution in [0.15, 0.2) is 121 Å². The maximum Gasteiger partial charge on any atom is 0.146 e. The van der Waals surface area contributed by atoms with Crippen LogP contribution in [-0.4, -0.2) is 0 Å². The molecule has 0 N–H and O–H groups in total. The van der Waals surface area contributed by atoms with E-state index >= 15 is 0 Å². The Morgan fingerprint density at radius 2 is 0.894 bits per heavy atom. The maximum absolute atomic E-state index is 9.35. The van der Waals surface area contributed by atoms with Gasteiger partial charge in [0.1, 0.15) is 35.4 Å². The van der Waals surface area contributed by atoms with E-state index in [4.69, 9.17) is 0 Å². The first-order valence-corrected chi connectivity index (χ1v) is 16.4. The van der Waals surface area contributed by atoms with Gasteiger partial charge in [0, 0.05) is 9.06 Å². The number of nitrogens with zero attached hydrogens (tertiary/aromatic N) is 4. The summed E-state index contributed by atoms with van der Waals surface area (Å²) < 4.78 is 3.25. The first-order chi connectivity index (χ1) is 23.1. The van der Waals surface area contributed by atoms with Crippen LogP contribution in [0.4, 0.5) is 0 Å². The molecular formula is C41H22N4S2. The van der Waals surface area contributed by atoms with Gasteiger partial charge in [-0.3, -0.25) is 0 Å². The Morgan fingerprint density at radius 3 is 1.28 bits per heavy atom. The molecule has 0 bridgehead atoms. The molecule has 0 aliphatic heterocycles. The van der Waals surface area contributed by atoms with Gasteiger partial charge in [-0.05, 0) is 93.1 Å². The molecule has 2 aromatic heterocycles. The molecule has 0 atom stereocenters. The van der Waals surface area contributed by atoms with Crippen molar-refractivity contribution in [2.75, 3.05) is 0 Å². The van der Waals surface area contributed by atoms with Crippen LogP contribution in [-0.2, 0) is 5.41 Å². The first-order valence-electron chi connectivity index (χ1n) is 14.7. The number of rotatable bonds is 4. The molecule has 0 saturated carbocycles. The van der Waals surface area contributed by atoms with Gasteiger partial charge in [-0.2, -0.15) is 21.0 Å². The monoisotopic (exact) mass is 634 g/mol. The van der Waals surface area contributed by atoms with Crippen molar-refractivity contribution in [1.82, 2.24) is 0 Å². The predicted molar refractivity (Wildman–Crippen MR) is 187 cm³/mol. The Labute approximate surface area is 279 Å². The summed E-state index contributed by atoms with van der Waals surface area (Å²) in [5.74, 6) is 0. The van der Waals surface area contributed by atoms with Gasteiger partial charge in [0.05, 0.1) is 14.5 Å². The Bertz CT molecular complexity index is 2400. The fraction of sp³-hybridized carbons (Fsp3) is 0.0244. The molecule has 218 valence electrons. The van der Waals surface area contributed by atoms with Crippen molar-refractivity contribution in [1.29, 1.82) is 21.0 Å². The number of thiophene rings is 2. The SMILES string of the molecule is N#CC(C#N)=c1cc/c(=C\c2ccc3c(c2)C(c2ccccc2)(c2ccccc2)c2cc(/C=c4\ccc(=C(C#N)C#N)s4)ccc2-3)s1. The third-order valence-corrected chi connectivity index (χ3v) is 10.5. The Balaban J connectivity index is 1.49. The Kier molecular flexibility index (Phi) is 7.67. The molecule has 1 aliphatic carbocycles. The standard InChI is InChI=1S/C41H22N4S2/c42-23-29(24-43)39-17-13-33(46-39)19-27-11-15-35-36-16-12-28(20-34-14-18-40(47-34)30(25-44)26-45)22-38(36)41(37(35)21-27,31-7-3-1-4-8-31)32-9-5-2-6-10-32/h1-22H/b33-19+,34-20+. The second-order valence-corrected chi connectivity index (χ2v) is 13.2. The average molecular weight is 635 g/mol. The van der Waals surface area contributed by atoms with Crippen molar-refractivity contribution in [3.63, 3.8) is 0 Å². The van der Waals surface area contributed by atoms with E-state index in [1.165, 1.54) is 33.8 Å². The van der Waals surface area contributed by atoms with Gasteiger partial charge < -0.3 is 0 Å². The van der Waals surface area contributed by atoms with Crippen LogP contribution in [0.1, 0.15) is 33.4 Å². The van der Waals surface area contributed by atoms with Gasteiger partial charge in [-0.1, -0.05) is 84.9 Å². The van der Waals surface area contributed by atoms with Crippen LogP contribution in [0, 0.1) is 45.3 Å². The summed E-state index contributed by atoms with van der Waals surface area (Å²) >= 11 is 2.86. The third kappa shape index (κ3) is 5.06. The van der Waals surface area contributed by atoms with E-state index in [9.17, 15) is 21.0 Å². The van der Waals surface area contributed by atoms with E-state index in [0.29, 0.717) is 9.06 Å². The van der Waals surface area contributed by atoms with E-state index in [1.807, 2.05) is 60.7 Å². The maximum atomic E-state index is 9.35. The van der Waals surface area contributed by atoms with Crippen LogP contribution in [0.25, 0.3) is 34.4 Å². The number of benzene rings is 4. The second kappa shape index (κ2) is 12.3. The number of hydrogen-bond donors (Lipinski definition) is 0. The predicted octanol–water partition coefficient (Wildman–Crippen LogP) is 6.23. The Hall–Kier alpha value is -6.28. The van der Waals surface area contributed by atoms with Gasteiger partial charge in [-0.25, -0.2) is 0 Å². The van der Waals surface area contributed by atoms with Crippen molar-refractivity contribution < 1.29 is 0 Å². The molecule has 0 fully saturated rings. The largest absolute Gasteiger partial charge is 0.192 e. The molecular weight excluding hydrogens is 613 g/mol. The third-order valence-electron chi connectivity index (χ3n) is 8.41. The minimum atomic E-state index is -0.604. The van der Waals surface area contributed by atoms with E-state index < -0.39 is 5.41 Å². The topological polar surface area (TPSA) is 95.2 Å². The average Bonchev–Trinajstić information content (AvgIpc) is 3.84. The number of hydrogen-bond acceptors (Lipinski definition) is 6. The molecule has 47 heavy (non-hydrogen) atoms. The zero-order valence-corrected chi connectivity index (χ0v) is 26.4. The molecule has 4 nitrogen and oxygen atoms in total. The molecule has 0 unspecified atom stereocenters. The summed E-state index contributed by atoms with van der Waals surface area (Å²) in [6.45, 7) is 0. The van der Waals surface area contributed by atoms with Crippen LogP contribution in [0.2, 0.25) is 0 Å². The van der Waals surface area contributed by atoms with E-state index in [-0.39, 0.29) is 11.1 Å². The van der Waals surface area contributed by atoms with Crippen molar-refractivity contribution in [2.45, 2.75) is 5.41 Å². The quantitative estimate of drug-likeness (QED) is 0.230. The molecule has 2 heterocycles. The first kappa shape index (κ1) is 29.4.